The number of methoxy groups -OCH3 is 1. The summed E-state index contributed by atoms with van der Waals surface area (Å²) < 4.78 is 5.13. The number of carbonyl (C=O) groups excluding carboxylic acids is 1. The summed E-state index contributed by atoms with van der Waals surface area (Å²) in [5.74, 6) is 0.00219. The van der Waals surface area contributed by atoms with Crippen LogP contribution in [0.25, 0.3) is 0 Å². The molecule has 0 spiro atoms. The molecule has 0 radical (unpaired) electrons. The second-order valence-corrected chi connectivity index (χ2v) is 4.08. The number of hydrogen-bond acceptors (Lipinski definition) is 4. The van der Waals surface area contributed by atoms with Gasteiger partial charge in [-0.3, -0.25) is 4.79 Å². The summed E-state index contributed by atoms with van der Waals surface area (Å²) in [6.45, 7) is 0. The maximum absolute atomic E-state index is 12.2. The quantitative estimate of drug-likeness (QED) is 0.668. The molecule has 2 aromatic rings. The van der Waals surface area contributed by atoms with Gasteiger partial charge in [0.25, 0.3) is 5.91 Å². The summed E-state index contributed by atoms with van der Waals surface area (Å²) in [6.07, 6.45) is 1.54. The molecule has 98 valence electrons. The molecule has 0 saturated carbocycles. The first-order valence-electron chi connectivity index (χ1n) is 5.48. The Morgan fingerprint density at radius 2 is 2.16 bits per heavy atom. The van der Waals surface area contributed by atoms with Crippen LogP contribution in [0.4, 0.5) is 11.4 Å². The number of nitrogens with one attached hydrogen (secondary N) is 1. The number of nitrogen functional groups attached to an aromatic ring is 1. The van der Waals surface area contributed by atoms with Gasteiger partial charge in [0.2, 0.25) is 0 Å². The lowest BCUT2D eigenvalue weighted by Gasteiger charge is -2.11. The van der Waals surface area contributed by atoms with Crippen LogP contribution in [-0.2, 0) is 0 Å². The van der Waals surface area contributed by atoms with Crippen LogP contribution in [0.15, 0.2) is 36.5 Å². The first kappa shape index (κ1) is 13.2. The minimum Gasteiger partial charge on any atom is -0.496 e. The Labute approximate surface area is 115 Å². The van der Waals surface area contributed by atoms with Crippen LogP contribution in [0.5, 0.6) is 5.75 Å². The predicted octanol–water partition coefficient (Wildman–Crippen LogP) is 2.58. The number of rotatable bonds is 3. The summed E-state index contributed by atoms with van der Waals surface area (Å²) in [5, 5.41) is 2.86. The van der Waals surface area contributed by atoms with E-state index >= 15 is 0 Å². The van der Waals surface area contributed by atoms with Crippen molar-refractivity contribution in [1.29, 1.82) is 0 Å². The van der Waals surface area contributed by atoms with Crippen molar-refractivity contribution in [2.45, 2.75) is 0 Å². The first-order chi connectivity index (χ1) is 9.13. The highest BCUT2D eigenvalue weighted by molar-refractivity contribution is 6.32. The number of nitrogens with two attached hydrogens (primary N) is 1. The van der Waals surface area contributed by atoms with Crippen molar-refractivity contribution in [3.05, 3.63) is 47.2 Å². The molecule has 3 N–H and O–H groups in total. The molecule has 0 aliphatic heterocycles. The third-order valence-corrected chi connectivity index (χ3v) is 2.81. The van der Waals surface area contributed by atoms with Crippen molar-refractivity contribution in [3.8, 4) is 5.75 Å². The van der Waals surface area contributed by atoms with E-state index in [9.17, 15) is 4.79 Å². The molecule has 0 aliphatic carbocycles. The predicted molar refractivity (Wildman–Crippen MR) is 74.6 cm³/mol. The lowest BCUT2D eigenvalue weighted by molar-refractivity contribution is 0.102. The number of amides is 1. The lowest BCUT2D eigenvalue weighted by atomic mass is 10.1. The summed E-state index contributed by atoms with van der Waals surface area (Å²) >= 11 is 5.88. The Kier molecular flexibility index (Phi) is 3.87. The average molecular weight is 278 g/mol. The van der Waals surface area contributed by atoms with Crippen molar-refractivity contribution in [2.24, 2.45) is 0 Å². The number of nitrogens with zero attached hydrogens (tertiary/aromatic N) is 1. The van der Waals surface area contributed by atoms with E-state index in [1.807, 2.05) is 0 Å². The Balaban J connectivity index is 2.33. The summed E-state index contributed by atoms with van der Waals surface area (Å²) in [7, 11) is 1.47. The minimum atomic E-state index is -0.398. The van der Waals surface area contributed by atoms with E-state index < -0.39 is 5.91 Å². The molecule has 0 fully saturated rings. The van der Waals surface area contributed by atoms with E-state index in [1.54, 1.807) is 30.3 Å². The van der Waals surface area contributed by atoms with E-state index in [0.717, 1.165) is 0 Å². The Morgan fingerprint density at radius 1 is 1.37 bits per heavy atom. The maximum Gasteiger partial charge on any atom is 0.261 e. The van der Waals surface area contributed by atoms with Crippen LogP contribution in [0.3, 0.4) is 0 Å². The Bertz CT molecular complexity index is 617. The normalized spacial score (nSPS) is 10.0. The topological polar surface area (TPSA) is 77.2 Å². The van der Waals surface area contributed by atoms with Crippen LogP contribution in [0, 0.1) is 0 Å². The monoisotopic (exact) mass is 277 g/mol. The van der Waals surface area contributed by atoms with Gasteiger partial charge in [-0.2, -0.15) is 0 Å². The van der Waals surface area contributed by atoms with Gasteiger partial charge in [0.15, 0.2) is 5.15 Å². The molecular weight excluding hydrogens is 266 g/mol. The number of carbonyl (C=O) groups is 1. The number of pyridine rings is 1. The molecule has 0 bridgehead atoms. The van der Waals surface area contributed by atoms with E-state index in [4.69, 9.17) is 22.1 Å². The zero-order valence-electron chi connectivity index (χ0n) is 10.2. The molecule has 19 heavy (non-hydrogen) atoms. The van der Waals surface area contributed by atoms with Gasteiger partial charge >= 0.3 is 0 Å². The molecule has 6 heteroatoms. The van der Waals surface area contributed by atoms with Gasteiger partial charge in [0, 0.05) is 11.9 Å². The number of ether oxygens (including phenoxy) is 1. The van der Waals surface area contributed by atoms with Crippen molar-refractivity contribution in [1.82, 2.24) is 4.98 Å². The molecule has 1 amide bonds. The second kappa shape index (κ2) is 5.58. The zero-order valence-corrected chi connectivity index (χ0v) is 10.9. The fourth-order valence-corrected chi connectivity index (χ4v) is 1.79. The molecule has 0 aliphatic rings. The van der Waals surface area contributed by atoms with Crippen molar-refractivity contribution >= 4 is 28.9 Å². The van der Waals surface area contributed by atoms with Gasteiger partial charge in [0.05, 0.1) is 12.8 Å². The minimum absolute atomic E-state index is 0.212. The largest absolute Gasteiger partial charge is 0.496 e. The van der Waals surface area contributed by atoms with E-state index in [1.165, 1.54) is 13.3 Å². The molecule has 1 aromatic carbocycles. The third kappa shape index (κ3) is 2.77. The highest BCUT2D eigenvalue weighted by atomic mass is 35.5. The smallest absolute Gasteiger partial charge is 0.261 e. The Hall–Kier alpha value is -2.27. The lowest BCUT2D eigenvalue weighted by Crippen LogP contribution is -2.15. The van der Waals surface area contributed by atoms with Crippen LogP contribution in [0.1, 0.15) is 10.4 Å². The number of benzene rings is 1. The first-order valence-corrected chi connectivity index (χ1v) is 5.85. The number of hydrogen-bond donors (Lipinski definition) is 2. The van der Waals surface area contributed by atoms with Gasteiger partial charge < -0.3 is 15.8 Å². The molecule has 1 heterocycles. The van der Waals surface area contributed by atoms with Crippen molar-refractivity contribution in [2.75, 3.05) is 18.2 Å². The fourth-order valence-electron chi connectivity index (χ4n) is 1.63. The van der Waals surface area contributed by atoms with Crippen LogP contribution in [-0.4, -0.2) is 18.0 Å². The van der Waals surface area contributed by atoms with Gasteiger partial charge in [-0.1, -0.05) is 17.7 Å². The average Bonchev–Trinajstić information content (AvgIpc) is 2.40. The van der Waals surface area contributed by atoms with E-state index in [2.05, 4.69) is 10.3 Å². The summed E-state index contributed by atoms with van der Waals surface area (Å²) in [5.41, 5.74) is 6.82. The van der Waals surface area contributed by atoms with Gasteiger partial charge in [-0.05, 0) is 24.3 Å². The van der Waals surface area contributed by atoms with Gasteiger partial charge in [-0.25, -0.2) is 4.98 Å². The summed E-state index contributed by atoms with van der Waals surface area (Å²) in [4.78, 5) is 16.1. The SMILES string of the molecule is COc1cccc(N)c1C(=O)Nc1cccnc1Cl. The van der Waals surface area contributed by atoms with Crippen molar-refractivity contribution in [3.63, 3.8) is 0 Å². The molecule has 0 unspecified atom stereocenters. The molecular formula is C13H12ClN3O2. The Morgan fingerprint density at radius 3 is 2.84 bits per heavy atom. The maximum atomic E-state index is 12.2. The highest BCUT2D eigenvalue weighted by Crippen LogP contribution is 2.26. The highest BCUT2D eigenvalue weighted by Gasteiger charge is 2.16. The molecule has 2 rings (SSSR count). The van der Waals surface area contributed by atoms with Gasteiger partial charge in [0.1, 0.15) is 11.3 Å². The van der Waals surface area contributed by atoms with Gasteiger partial charge in [-0.15, -0.1) is 0 Å². The molecule has 1 aromatic heterocycles. The summed E-state index contributed by atoms with van der Waals surface area (Å²) in [6, 6.07) is 8.33. The molecule has 0 saturated heterocycles. The van der Waals surface area contributed by atoms with E-state index in [0.29, 0.717) is 17.1 Å². The second-order valence-electron chi connectivity index (χ2n) is 3.72. The third-order valence-electron chi connectivity index (χ3n) is 2.51. The van der Waals surface area contributed by atoms with Crippen molar-refractivity contribution < 1.29 is 9.53 Å². The fraction of sp³-hybridized carbons (Fsp3) is 0.0769. The zero-order chi connectivity index (χ0) is 13.8. The van der Waals surface area contributed by atoms with Crippen LogP contribution in [0.2, 0.25) is 5.15 Å². The number of aromatic nitrogens is 1. The molecule has 0 atom stereocenters. The standard InChI is InChI=1S/C13H12ClN3O2/c1-19-10-6-2-4-8(15)11(10)13(18)17-9-5-3-7-16-12(9)14/h2-7H,15H2,1H3,(H,17,18). The number of anilines is 2. The van der Waals surface area contributed by atoms with E-state index in [-0.39, 0.29) is 10.7 Å². The van der Waals surface area contributed by atoms with Crippen LogP contribution >= 0.6 is 11.6 Å². The number of halogens is 1. The molecule has 5 nitrogen and oxygen atoms in total. The van der Waals surface area contributed by atoms with Crippen LogP contribution < -0.4 is 15.8 Å².